The number of amides is 1. The number of halogens is 1. The van der Waals surface area contributed by atoms with Crippen LogP contribution in [0.15, 0.2) is 22.7 Å². The van der Waals surface area contributed by atoms with Crippen molar-refractivity contribution in [1.29, 1.82) is 0 Å². The number of hydrogen-bond donors (Lipinski definition) is 2. The van der Waals surface area contributed by atoms with E-state index in [1.54, 1.807) is 20.1 Å². The molecule has 0 aliphatic heterocycles. The predicted molar refractivity (Wildman–Crippen MR) is 69.5 cm³/mol. The maximum atomic E-state index is 11.3. The van der Waals surface area contributed by atoms with Crippen LogP contribution in [-0.2, 0) is 9.59 Å². The minimum Gasteiger partial charge on any atom is -0.496 e. The van der Waals surface area contributed by atoms with E-state index in [2.05, 4.69) is 21.2 Å². The normalized spacial score (nSPS) is 11.7. The summed E-state index contributed by atoms with van der Waals surface area (Å²) in [6.45, 7) is 1.79. The van der Waals surface area contributed by atoms with Crippen LogP contribution >= 0.6 is 15.9 Å². The van der Waals surface area contributed by atoms with E-state index in [0.29, 0.717) is 5.75 Å². The van der Waals surface area contributed by atoms with Gasteiger partial charge in [0.25, 0.3) is 0 Å². The van der Waals surface area contributed by atoms with Gasteiger partial charge in [0, 0.05) is 0 Å². The van der Waals surface area contributed by atoms with Gasteiger partial charge in [-0.05, 0) is 40.5 Å². The standard InChI is InChI=1S/C12H14BrNO4/c1-7(14-11(15)6-12(16)17)8-3-4-10(18-2)9(13)5-8/h3-5,7H,6H2,1-2H3,(H,14,15)(H,16,17). The molecule has 0 bridgehead atoms. The highest BCUT2D eigenvalue weighted by molar-refractivity contribution is 9.10. The minimum absolute atomic E-state index is 0.265. The van der Waals surface area contributed by atoms with Crippen LogP contribution in [0.25, 0.3) is 0 Å². The first-order chi connectivity index (χ1) is 8.43. The van der Waals surface area contributed by atoms with Gasteiger partial charge in [-0.2, -0.15) is 0 Å². The summed E-state index contributed by atoms with van der Waals surface area (Å²) in [4.78, 5) is 21.7. The second-order valence-corrected chi connectivity index (χ2v) is 4.61. The van der Waals surface area contributed by atoms with Gasteiger partial charge in [-0.15, -0.1) is 0 Å². The lowest BCUT2D eigenvalue weighted by molar-refractivity contribution is -0.140. The van der Waals surface area contributed by atoms with E-state index in [1.165, 1.54) is 0 Å². The number of aliphatic carboxylic acids is 1. The van der Waals surface area contributed by atoms with E-state index >= 15 is 0 Å². The summed E-state index contributed by atoms with van der Waals surface area (Å²) in [6.07, 6.45) is -0.526. The molecule has 18 heavy (non-hydrogen) atoms. The zero-order valence-corrected chi connectivity index (χ0v) is 11.7. The van der Waals surface area contributed by atoms with Gasteiger partial charge in [0.2, 0.25) is 5.91 Å². The number of carboxylic acids is 1. The third-order valence-electron chi connectivity index (χ3n) is 2.37. The second-order valence-electron chi connectivity index (χ2n) is 3.75. The highest BCUT2D eigenvalue weighted by Gasteiger charge is 2.13. The molecule has 1 aromatic rings. The van der Waals surface area contributed by atoms with Crippen LogP contribution in [0.3, 0.4) is 0 Å². The van der Waals surface area contributed by atoms with Crippen molar-refractivity contribution in [3.8, 4) is 5.75 Å². The molecule has 0 aromatic heterocycles. The molecule has 0 spiro atoms. The first-order valence-electron chi connectivity index (χ1n) is 5.28. The lowest BCUT2D eigenvalue weighted by atomic mass is 10.1. The van der Waals surface area contributed by atoms with Crippen molar-refractivity contribution in [2.24, 2.45) is 0 Å². The molecule has 1 amide bonds. The van der Waals surface area contributed by atoms with Crippen LogP contribution in [-0.4, -0.2) is 24.1 Å². The van der Waals surface area contributed by atoms with Crippen LogP contribution in [0.5, 0.6) is 5.75 Å². The molecular weight excluding hydrogens is 302 g/mol. The maximum absolute atomic E-state index is 11.3. The molecule has 0 heterocycles. The first kappa shape index (κ1) is 14.5. The first-order valence-corrected chi connectivity index (χ1v) is 6.08. The Bertz CT molecular complexity index is 461. The molecule has 0 radical (unpaired) electrons. The molecule has 0 aliphatic carbocycles. The molecule has 1 atom stereocenters. The van der Waals surface area contributed by atoms with Crippen LogP contribution < -0.4 is 10.1 Å². The molecule has 0 aliphatic rings. The number of ether oxygens (including phenoxy) is 1. The Morgan fingerprint density at radius 3 is 2.67 bits per heavy atom. The molecule has 0 saturated heterocycles. The van der Waals surface area contributed by atoms with Crippen molar-refractivity contribution in [2.75, 3.05) is 7.11 Å². The third-order valence-corrected chi connectivity index (χ3v) is 2.98. The maximum Gasteiger partial charge on any atom is 0.312 e. The zero-order valence-electron chi connectivity index (χ0n) is 10.1. The molecule has 1 rings (SSSR count). The predicted octanol–water partition coefficient (Wildman–Crippen LogP) is 2.11. The average molecular weight is 316 g/mol. The van der Waals surface area contributed by atoms with Crippen LogP contribution in [0.2, 0.25) is 0 Å². The van der Waals surface area contributed by atoms with E-state index in [-0.39, 0.29) is 6.04 Å². The van der Waals surface area contributed by atoms with Gasteiger partial charge >= 0.3 is 5.97 Å². The van der Waals surface area contributed by atoms with Crippen LogP contribution in [0.4, 0.5) is 0 Å². The average Bonchev–Trinajstić information content (AvgIpc) is 2.27. The molecule has 98 valence electrons. The number of rotatable bonds is 5. The Balaban J connectivity index is 2.72. The lowest BCUT2D eigenvalue weighted by Gasteiger charge is -2.15. The number of benzene rings is 1. The van der Waals surface area contributed by atoms with Crippen molar-refractivity contribution in [3.05, 3.63) is 28.2 Å². The van der Waals surface area contributed by atoms with Crippen molar-refractivity contribution in [1.82, 2.24) is 5.32 Å². The minimum atomic E-state index is -1.14. The summed E-state index contributed by atoms with van der Waals surface area (Å²) in [7, 11) is 1.57. The largest absolute Gasteiger partial charge is 0.496 e. The van der Waals surface area contributed by atoms with Gasteiger partial charge in [0.1, 0.15) is 12.2 Å². The summed E-state index contributed by atoms with van der Waals surface area (Å²) in [5.41, 5.74) is 0.862. The second kappa shape index (κ2) is 6.39. The summed E-state index contributed by atoms with van der Waals surface area (Å²) in [6, 6.07) is 5.15. The number of hydrogen-bond acceptors (Lipinski definition) is 3. The molecular formula is C12H14BrNO4. The summed E-state index contributed by atoms with van der Waals surface area (Å²) in [5.74, 6) is -0.958. The van der Waals surface area contributed by atoms with Gasteiger partial charge in [0.15, 0.2) is 0 Å². The Morgan fingerprint density at radius 1 is 1.50 bits per heavy atom. The van der Waals surface area contributed by atoms with Crippen molar-refractivity contribution < 1.29 is 19.4 Å². The van der Waals surface area contributed by atoms with E-state index in [0.717, 1.165) is 10.0 Å². The SMILES string of the molecule is COc1ccc(C(C)NC(=O)CC(=O)O)cc1Br. The highest BCUT2D eigenvalue weighted by Crippen LogP contribution is 2.27. The molecule has 2 N–H and O–H groups in total. The van der Waals surface area contributed by atoms with E-state index in [9.17, 15) is 9.59 Å². The van der Waals surface area contributed by atoms with Crippen LogP contribution in [0, 0.1) is 0 Å². The number of carbonyl (C=O) groups is 2. The summed E-state index contributed by atoms with van der Waals surface area (Å²) < 4.78 is 5.88. The van der Waals surface area contributed by atoms with Gasteiger partial charge in [-0.3, -0.25) is 9.59 Å². The smallest absolute Gasteiger partial charge is 0.312 e. The Morgan fingerprint density at radius 2 is 2.17 bits per heavy atom. The van der Waals surface area contributed by atoms with Crippen molar-refractivity contribution in [2.45, 2.75) is 19.4 Å². The van der Waals surface area contributed by atoms with E-state index < -0.39 is 18.3 Å². The van der Waals surface area contributed by atoms with E-state index in [4.69, 9.17) is 9.84 Å². The monoisotopic (exact) mass is 315 g/mol. The third kappa shape index (κ3) is 4.03. The van der Waals surface area contributed by atoms with E-state index in [1.807, 2.05) is 12.1 Å². The Labute approximate surface area is 113 Å². The van der Waals surface area contributed by atoms with Gasteiger partial charge in [-0.25, -0.2) is 0 Å². The van der Waals surface area contributed by atoms with Gasteiger partial charge in [0.05, 0.1) is 17.6 Å². The molecule has 0 fully saturated rings. The number of methoxy groups -OCH3 is 1. The fourth-order valence-corrected chi connectivity index (χ4v) is 2.02. The zero-order chi connectivity index (χ0) is 13.7. The lowest BCUT2D eigenvalue weighted by Crippen LogP contribution is -2.28. The van der Waals surface area contributed by atoms with Gasteiger partial charge < -0.3 is 15.2 Å². The molecule has 1 aromatic carbocycles. The topological polar surface area (TPSA) is 75.6 Å². The Kier molecular flexibility index (Phi) is 5.15. The summed E-state index contributed by atoms with van der Waals surface area (Å²) >= 11 is 3.35. The van der Waals surface area contributed by atoms with Crippen molar-refractivity contribution >= 4 is 27.8 Å². The molecule has 0 saturated carbocycles. The van der Waals surface area contributed by atoms with Crippen molar-refractivity contribution in [3.63, 3.8) is 0 Å². The molecule has 1 unspecified atom stereocenters. The number of nitrogens with one attached hydrogen (secondary N) is 1. The molecule has 5 nitrogen and oxygen atoms in total. The number of carboxylic acid groups (broad SMARTS) is 1. The van der Waals surface area contributed by atoms with Gasteiger partial charge in [-0.1, -0.05) is 6.07 Å². The quantitative estimate of drug-likeness (QED) is 0.816. The summed E-state index contributed by atoms with van der Waals surface area (Å²) in [5, 5.41) is 11.1. The van der Waals surface area contributed by atoms with Crippen LogP contribution in [0.1, 0.15) is 24.9 Å². The number of carbonyl (C=O) groups excluding carboxylic acids is 1. The fraction of sp³-hybridized carbons (Fsp3) is 0.333. The highest BCUT2D eigenvalue weighted by atomic mass is 79.9. The fourth-order valence-electron chi connectivity index (χ4n) is 1.47. The Hall–Kier alpha value is -1.56. The molecule has 6 heteroatoms.